The Balaban J connectivity index is 2.34. The smallest absolute Gasteiger partial charge is 0.241 e. The molecule has 1 amide bonds. The van der Waals surface area contributed by atoms with Gasteiger partial charge in [-0.3, -0.25) is 4.79 Å². The van der Waals surface area contributed by atoms with Crippen LogP contribution in [0.1, 0.15) is 13.8 Å². The van der Waals surface area contributed by atoms with Gasteiger partial charge in [0.1, 0.15) is 11.6 Å². The third-order valence-electron chi connectivity index (χ3n) is 2.61. The summed E-state index contributed by atoms with van der Waals surface area (Å²) in [6.07, 6.45) is 1.55. The number of rotatable bonds is 5. The molecule has 0 radical (unpaired) electrons. The molecule has 0 saturated carbocycles. The molecule has 8 heteroatoms. The summed E-state index contributed by atoms with van der Waals surface area (Å²) < 4.78 is 0. The highest BCUT2D eigenvalue weighted by atomic mass is 16.2. The van der Waals surface area contributed by atoms with Crippen molar-refractivity contribution < 1.29 is 4.79 Å². The third kappa shape index (κ3) is 2.72. The molecule has 2 aromatic rings. The van der Waals surface area contributed by atoms with Gasteiger partial charge in [-0.15, -0.1) is 0 Å². The number of imidazole rings is 1. The first kappa shape index (κ1) is 13.1. The summed E-state index contributed by atoms with van der Waals surface area (Å²) in [5.74, 6) is 0.916. The minimum absolute atomic E-state index is 0.115. The third-order valence-corrected chi connectivity index (χ3v) is 2.61. The topological polar surface area (TPSA) is 108 Å². The second-order valence-electron chi connectivity index (χ2n) is 4.01. The molecule has 0 aliphatic rings. The van der Waals surface area contributed by atoms with Crippen LogP contribution in [0.3, 0.4) is 0 Å². The Hall–Kier alpha value is -2.38. The maximum atomic E-state index is 11.5. The van der Waals surface area contributed by atoms with Gasteiger partial charge in [0.15, 0.2) is 11.5 Å². The summed E-state index contributed by atoms with van der Waals surface area (Å²) in [6.45, 7) is 4.43. The molecule has 0 fully saturated rings. The predicted octanol–water partition coefficient (Wildman–Crippen LogP) is 0.331. The molecule has 0 saturated heterocycles. The van der Waals surface area contributed by atoms with E-state index >= 15 is 0 Å². The fraction of sp³-hybridized carbons (Fsp3) is 0.455. The van der Waals surface area contributed by atoms with Crippen LogP contribution in [0, 0.1) is 0 Å². The van der Waals surface area contributed by atoms with Gasteiger partial charge in [-0.25, -0.2) is 4.98 Å². The van der Waals surface area contributed by atoms with E-state index in [0.29, 0.717) is 29.5 Å². The summed E-state index contributed by atoms with van der Waals surface area (Å²) in [4.78, 5) is 27.2. The van der Waals surface area contributed by atoms with E-state index in [1.165, 1.54) is 0 Å². The lowest BCUT2D eigenvalue weighted by Gasteiger charge is -2.14. The Morgan fingerprint density at radius 1 is 1.47 bits per heavy atom. The second-order valence-corrected chi connectivity index (χ2v) is 4.01. The maximum absolute atomic E-state index is 11.5. The van der Waals surface area contributed by atoms with Crippen molar-refractivity contribution in [3.63, 3.8) is 0 Å². The molecule has 19 heavy (non-hydrogen) atoms. The van der Waals surface area contributed by atoms with Gasteiger partial charge < -0.3 is 20.9 Å². The summed E-state index contributed by atoms with van der Waals surface area (Å²) in [7, 11) is 1.59. The molecule has 2 heterocycles. The van der Waals surface area contributed by atoms with E-state index in [1.807, 2.05) is 6.92 Å². The van der Waals surface area contributed by atoms with Gasteiger partial charge in [0, 0.05) is 13.6 Å². The number of fused-ring (bicyclic) bond motifs is 1. The molecule has 0 aliphatic heterocycles. The number of aromatic nitrogens is 4. The van der Waals surface area contributed by atoms with Crippen LogP contribution < -0.4 is 16.0 Å². The van der Waals surface area contributed by atoms with Gasteiger partial charge in [0.2, 0.25) is 11.9 Å². The van der Waals surface area contributed by atoms with Crippen molar-refractivity contribution in [2.75, 3.05) is 24.2 Å². The average Bonchev–Trinajstić information content (AvgIpc) is 2.86. The van der Waals surface area contributed by atoms with Gasteiger partial charge in [-0.1, -0.05) is 0 Å². The fourth-order valence-electron chi connectivity index (χ4n) is 1.66. The van der Waals surface area contributed by atoms with Crippen LogP contribution in [0.5, 0.6) is 0 Å². The molecule has 102 valence electrons. The zero-order chi connectivity index (χ0) is 13.8. The van der Waals surface area contributed by atoms with E-state index in [-0.39, 0.29) is 5.91 Å². The Labute approximate surface area is 110 Å². The lowest BCUT2D eigenvalue weighted by Crippen LogP contribution is -2.35. The molecule has 4 N–H and O–H groups in total. The summed E-state index contributed by atoms with van der Waals surface area (Å²) in [6, 6.07) is -0.402. The molecule has 0 spiro atoms. The van der Waals surface area contributed by atoms with Crippen LogP contribution in [0.25, 0.3) is 11.2 Å². The minimum Gasteiger partial charge on any atom is -0.357 e. The van der Waals surface area contributed by atoms with Gasteiger partial charge in [0.25, 0.3) is 0 Å². The standard InChI is InChI=1S/C11H17N7O/c1-4-13-11-17-8-7(14-5-15-8)9(18-11)16-6(2)10(19)12-3/h5-6H,4H2,1-3H3,(H,12,19)(H3,13,14,15,16,17,18). The van der Waals surface area contributed by atoms with Crippen molar-refractivity contribution in [3.05, 3.63) is 6.33 Å². The van der Waals surface area contributed by atoms with Gasteiger partial charge in [0.05, 0.1) is 6.33 Å². The number of anilines is 2. The van der Waals surface area contributed by atoms with Crippen LogP contribution >= 0.6 is 0 Å². The number of likely N-dealkylation sites (N-methyl/N-ethyl adjacent to an activating group) is 1. The quantitative estimate of drug-likeness (QED) is 0.619. The lowest BCUT2D eigenvalue weighted by molar-refractivity contribution is -0.121. The molecule has 0 bridgehead atoms. The predicted molar refractivity (Wildman–Crippen MR) is 73.0 cm³/mol. The van der Waals surface area contributed by atoms with Crippen molar-refractivity contribution in [1.29, 1.82) is 0 Å². The number of amides is 1. The Kier molecular flexibility index (Phi) is 3.79. The number of H-pyrrole nitrogens is 1. The maximum Gasteiger partial charge on any atom is 0.241 e. The Morgan fingerprint density at radius 2 is 2.26 bits per heavy atom. The lowest BCUT2D eigenvalue weighted by atomic mass is 10.3. The van der Waals surface area contributed by atoms with Crippen LogP contribution in [0.4, 0.5) is 11.8 Å². The first-order valence-corrected chi connectivity index (χ1v) is 6.08. The van der Waals surface area contributed by atoms with Crippen molar-refractivity contribution in [2.24, 2.45) is 0 Å². The van der Waals surface area contributed by atoms with Crippen molar-refractivity contribution >= 4 is 28.8 Å². The normalized spacial score (nSPS) is 12.2. The van der Waals surface area contributed by atoms with E-state index in [4.69, 9.17) is 0 Å². The van der Waals surface area contributed by atoms with Crippen molar-refractivity contribution in [1.82, 2.24) is 25.3 Å². The zero-order valence-corrected chi connectivity index (χ0v) is 11.1. The van der Waals surface area contributed by atoms with Gasteiger partial charge in [-0.2, -0.15) is 9.97 Å². The van der Waals surface area contributed by atoms with E-state index in [0.717, 1.165) is 0 Å². The van der Waals surface area contributed by atoms with Crippen LogP contribution in [-0.2, 0) is 4.79 Å². The Bertz CT molecular complexity index is 579. The molecule has 0 aromatic carbocycles. The molecule has 8 nitrogen and oxygen atoms in total. The van der Waals surface area contributed by atoms with Gasteiger partial charge in [-0.05, 0) is 13.8 Å². The van der Waals surface area contributed by atoms with Crippen LogP contribution in [0.15, 0.2) is 6.33 Å². The van der Waals surface area contributed by atoms with Crippen molar-refractivity contribution in [2.45, 2.75) is 19.9 Å². The number of hydrogen-bond acceptors (Lipinski definition) is 6. The summed E-state index contributed by atoms with van der Waals surface area (Å²) in [5, 5.41) is 8.66. The van der Waals surface area contributed by atoms with E-state index in [1.54, 1.807) is 20.3 Å². The second kappa shape index (κ2) is 5.51. The summed E-state index contributed by atoms with van der Waals surface area (Å²) in [5.41, 5.74) is 1.23. The first-order valence-electron chi connectivity index (χ1n) is 6.08. The summed E-state index contributed by atoms with van der Waals surface area (Å²) >= 11 is 0. The molecule has 0 aliphatic carbocycles. The van der Waals surface area contributed by atoms with E-state index < -0.39 is 6.04 Å². The number of nitrogens with one attached hydrogen (secondary N) is 4. The minimum atomic E-state index is -0.402. The fourth-order valence-corrected chi connectivity index (χ4v) is 1.66. The SMILES string of the molecule is CCNc1nc(NC(C)C(=O)NC)c2[nH]cnc2n1. The van der Waals surface area contributed by atoms with E-state index in [2.05, 4.69) is 35.9 Å². The highest BCUT2D eigenvalue weighted by Crippen LogP contribution is 2.19. The molecular weight excluding hydrogens is 246 g/mol. The number of nitrogens with zero attached hydrogens (tertiary/aromatic N) is 3. The number of hydrogen-bond donors (Lipinski definition) is 4. The first-order chi connectivity index (χ1) is 9.15. The van der Waals surface area contributed by atoms with Crippen molar-refractivity contribution in [3.8, 4) is 0 Å². The molecule has 2 aromatic heterocycles. The number of carbonyl (C=O) groups excluding carboxylic acids is 1. The van der Waals surface area contributed by atoms with Crippen LogP contribution in [0.2, 0.25) is 0 Å². The Morgan fingerprint density at radius 3 is 2.95 bits per heavy atom. The highest BCUT2D eigenvalue weighted by Gasteiger charge is 2.15. The van der Waals surface area contributed by atoms with Gasteiger partial charge >= 0.3 is 0 Å². The molecule has 1 atom stereocenters. The highest BCUT2D eigenvalue weighted by molar-refractivity contribution is 5.88. The van der Waals surface area contributed by atoms with E-state index in [9.17, 15) is 4.79 Å². The number of carbonyl (C=O) groups is 1. The largest absolute Gasteiger partial charge is 0.357 e. The monoisotopic (exact) mass is 263 g/mol. The average molecular weight is 263 g/mol. The zero-order valence-electron chi connectivity index (χ0n) is 11.1. The molecule has 2 rings (SSSR count). The van der Waals surface area contributed by atoms with Crippen LogP contribution in [-0.4, -0.2) is 45.5 Å². The molecule has 1 unspecified atom stereocenters. The number of aromatic amines is 1. The molecular formula is C11H17N7O.